The second-order valence-electron chi connectivity index (χ2n) is 5.22. The van der Waals surface area contributed by atoms with E-state index < -0.39 is 0 Å². The van der Waals surface area contributed by atoms with Crippen molar-refractivity contribution in [3.63, 3.8) is 0 Å². The first-order valence-electron chi connectivity index (χ1n) is 7.63. The number of rotatable bonds is 7. The second kappa shape index (κ2) is 7.81. The number of nitrogens with zero attached hydrogens (tertiary/aromatic N) is 1. The first-order valence-corrected chi connectivity index (χ1v) is 7.63. The Balaban J connectivity index is 2.92. The lowest BCUT2D eigenvalue weighted by Crippen LogP contribution is -2.59. The molecule has 0 aromatic carbocycles. The molecule has 1 saturated carbocycles. The summed E-state index contributed by atoms with van der Waals surface area (Å²) in [6.07, 6.45) is 6.40. The van der Waals surface area contributed by atoms with Crippen molar-refractivity contribution in [2.45, 2.75) is 71.4 Å². The van der Waals surface area contributed by atoms with E-state index in [1.807, 2.05) is 6.92 Å². The number of hydrogen-bond donors (Lipinski definition) is 1. The van der Waals surface area contributed by atoms with Crippen LogP contribution in [-0.4, -0.2) is 36.1 Å². The monoisotopic (exact) mass is 250 g/mol. The first-order chi connectivity index (χ1) is 8.75. The average Bonchev–Trinajstić information content (AvgIpc) is 2.86. The van der Waals surface area contributed by atoms with Gasteiger partial charge in [0.1, 0.15) is 0 Å². The molecule has 18 heavy (non-hydrogen) atoms. The summed E-state index contributed by atoms with van der Waals surface area (Å²) in [7, 11) is 0. The Morgan fingerprint density at radius 2 is 1.78 bits per heavy atom. The third kappa shape index (κ3) is 3.28. The Kier molecular flexibility index (Phi) is 6.75. The van der Waals surface area contributed by atoms with E-state index in [-0.39, 0.29) is 0 Å². The molecule has 1 N–H and O–H groups in total. The number of likely N-dealkylation sites (N-methyl/N-ethyl adjacent to an activating group) is 2. The minimum atomic E-state index is 0.351. The topological polar surface area (TPSA) is 15.3 Å². The minimum absolute atomic E-state index is 0.351. The van der Waals surface area contributed by atoms with Crippen LogP contribution in [0.15, 0.2) is 0 Å². The summed E-state index contributed by atoms with van der Waals surface area (Å²) < 4.78 is 0. The highest BCUT2D eigenvalue weighted by Gasteiger charge is 2.44. The van der Waals surface area contributed by atoms with Crippen LogP contribution in [-0.2, 0) is 0 Å². The van der Waals surface area contributed by atoms with Crippen molar-refractivity contribution in [1.82, 2.24) is 10.2 Å². The molecule has 0 radical (unpaired) electrons. The van der Waals surface area contributed by atoms with Gasteiger partial charge in [0, 0.05) is 18.0 Å². The number of nitrogens with one attached hydrogen (secondary N) is 1. The first kappa shape index (κ1) is 15.5. The summed E-state index contributed by atoms with van der Waals surface area (Å²) in [6.45, 7) is 12.1. The van der Waals surface area contributed by atoms with Crippen LogP contribution < -0.4 is 5.32 Å². The fraction of sp³-hybridized carbons (Fsp3) is 0.875. The summed E-state index contributed by atoms with van der Waals surface area (Å²) in [5.74, 6) is 6.36. The molecule has 1 aliphatic rings. The maximum absolute atomic E-state index is 3.71. The predicted octanol–water partition coefficient (Wildman–Crippen LogP) is 3.03. The fourth-order valence-electron chi connectivity index (χ4n) is 3.63. The number of hydrogen-bond acceptors (Lipinski definition) is 2. The molecule has 104 valence electrons. The molecule has 1 aliphatic carbocycles. The molecule has 0 aliphatic heterocycles. The Morgan fingerprint density at radius 3 is 2.22 bits per heavy atom. The Hall–Kier alpha value is -0.520. The zero-order chi connectivity index (χ0) is 13.4. The highest BCUT2D eigenvalue weighted by molar-refractivity contribution is 5.09. The van der Waals surface area contributed by atoms with Crippen LogP contribution in [0.3, 0.4) is 0 Å². The van der Waals surface area contributed by atoms with Gasteiger partial charge >= 0.3 is 0 Å². The van der Waals surface area contributed by atoms with E-state index in [0.717, 1.165) is 26.1 Å². The molecule has 0 bridgehead atoms. The summed E-state index contributed by atoms with van der Waals surface area (Å²) in [6, 6.07) is 0.525. The van der Waals surface area contributed by atoms with Crippen molar-refractivity contribution in [1.29, 1.82) is 0 Å². The molecule has 1 atom stereocenters. The van der Waals surface area contributed by atoms with Crippen molar-refractivity contribution in [2.75, 3.05) is 19.6 Å². The lowest BCUT2D eigenvalue weighted by atomic mass is 9.84. The van der Waals surface area contributed by atoms with Crippen molar-refractivity contribution in [2.24, 2.45) is 0 Å². The van der Waals surface area contributed by atoms with Gasteiger partial charge in [0.15, 0.2) is 0 Å². The van der Waals surface area contributed by atoms with E-state index in [2.05, 4.69) is 42.8 Å². The third-order valence-electron chi connectivity index (χ3n) is 4.44. The van der Waals surface area contributed by atoms with Gasteiger partial charge in [0.2, 0.25) is 0 Å². The lowest BCUT2D eigenvalue weighted by molar-refractivity contribution is 0.0653. The highest BCUT2D eigenvalue weighted by atomic mass is 15.2. The van der Waals surface area contributed by atoms with Gasteiger partial charge in [0.05, 0.1) is 0 Å². The molecule has 0 spiro atoms. The van der Waals surface area contributed by atoms with Crippen LogP contribution in [0, 0.1) is 11.8 Å². The Morgan fingerprint density at radius 1 is 1.17 bits per heavy atom. The maximum atomic E-state index is 3.71. The molecule has 0 heterocycles. The minimum Gasteiger partial charge on any atom is -0.312 e. The third-order valence-corrected chi connectivity index (χ3v) is 4.44. The van der Waals surface area contributed by atoms with E-state index in [0.29, 0.717) is 11.6 Å². The molecule has 2 nitrogen and oxygen atoms in total. The summed E-state index contributed by atoms with van der Waals surface area (Å²) in [4.78, 5) is 2.67. The van der Waals surface area contributed by atoms with Gasteiger partial charge in [0.25, 0.3) is 0 Å². The van der Waals surface area contributed by atoms with E-state index in [1.54, 1.807) is 0 Å². The van der Waals surface area contributed by atoms with Crippen LogP contribution in [0.25, 0.3) is 0 Å². The molecule has 1 fully saturated rings. The molecule has 0 amide bonds. The van der Waals surface area contributed by atoms with Crippen LogP contribution in [0.5, 0.6) is 0 Å². The Bertz CT molecular complexity index is 277. The predicted molar refractivity (Wildman–Crippen MR) is 79.7 cm³/mol. The molecule has 1 rings (SSSR count). The summed E-state index contributed by atoms with van der Waals surface area (Å²) in [5.41, 5.74) is 0.351. The second-order valence-corrected chi connectivity index (χ2v) is 5.22. The van der Waals surface area contributed by atoms with Crippen LogP contribution in [0.4, 0.5) is 0 Å². The summed E-state index contributed by atoms with van der Waals surface area (Å²) in [5, 5.41) is 3.71. The van der Waals surface area contributed by atoms with E-state index in [1.165, 1.54) is 25.7 Å². The van der Waals surface area contributed by atoms with E-state index in [9.17, 15) is 0 Å². The van der Waals surface area contributed by atoms with Crippen LogP contribution in [0.2, 0.25) is 0 Å². The average molecular weight is 250 g/mol. The van der Waals surface area contributed by atoms with Crippen molar-refractivity contribution >= 4 is 0 Å². The Labute approximate surface area is 114 Å². The standard InChI is InChI=1S/C16H30N2/c1-5-9-12-15(17-6-2)16(13-10-11-14-16)18(7-3)8-4/h15,17H,6-8,10-14H2,1-4H3. The quantitative estimate of drug-likeness (QED) is 0.699. The molecular formula is C16H30N2. The molecular weight excluding hydrogens is 220 g/mol. The molecule has 2 heteroatoms. The smallest absolute Gasteiger partial charge is 0.0371 e. The normalized spacial score (nSPS) is 19.6. The van der Waals surface area contributed by atoms with E-state index in [4.69, 9.17) is 0 Å². The SMILES string of the molecule is CC#CCC(NCC)C1(N(CC)CC)CCCC1. The zero-order valence-electron chi connectivity index (χ0n) is 12.7. The molecule has 0 aromatic heterocycles. The zero-order valence-corrected chi connectivity index (χ0v) is 12.7. The fourth-order valence-corrected chi connectivity index (χ4v) is 3.63. The van der Waals surface area contributed by atoms with Crippen LogP contribution >= 0.6 is 0 Å². The van der Waals surface area contributed by atoms with Gasteiger partial charge in [-0.15, -0.1) is 11.8 Å². The van der Waals surface area contributed by atoms with Crippen molar-refractivity contribution < 1.29 is 0 Å². The van der Waals surface area contributed by atoms with E-state index >= 15 is 0 Å². The molecule has 0 aromatic rings. The van der Waals surface area contributed by atoms with Crippen molar-refractivity contribution in [3.05, 3.63) is 0 Å². The van der Waals surface area contributed by atoms with Crippen LogP contribution in [0.1, 0.15) is 59.8 Å². The van der Waals surface area contributed by atoms with Gasteiger partial charge in [-0.1, -0.05) is 33.6 Å². The lowest BCUT2D eigenvalue weighted by Gasteiger charge is -2.46. The molecule has 1 unspecified atom stereocenters. The van der Waals surface area contributed by atoms with Gasteiger partial charge in [-0.2, -0.15) is 0 Å². The van der Waals surface area contributed by atoms with Crippen molar-refractivity contribution in [3.8, 4) is 11.8 Å². The maximum Gasteiger partial charge on any atom is 0.0371 e. The molecule has 0 saturated heterocycles. The van der Waals surface area contributed by atoms with Gasteiger partial charge in [-0.05, 0) is 39.4 Å². The van der Waals surface area contributed by atoms with Gasteiger partial charge < -0.3 is 5.32 Å². The van der Waals surface area contributed by atoms with Gasteiger partial charge in [-0.3, -0.25) is 4.90 Å². The largest absolute Gasteiger partial charge is 0.312 e. The highest BCUT2D eigenvalue weighted by Crippen LogP contribution is 2.39. The van der Waals surface area contributed by atoms with Gasteiger partial charge in [-0.25, -0.2) is 0 Å². The summed E-state index contributed by atoms with van der Waals surface area (Å²) >= 11 is 0.